The zero-order chi connectivity index (χ0) is 28.2. The van der Waals surface area contributed by atoms with Crippen molar-refractivity contribution in [3.63, 3.8) is 0 Å². The first-order chi connectivity index (χ1) is 18.5. The van der Waals surface area contributed by atoms with Crippen LogP contribution in [0.5, 0.6) is 0 Å². The lowest BCUT2D eigenvalue weighted by molar-refractivity contribution is -0.137. The normalized spacial score (nSPS) is 17.1. The molecule has 11 heteroatoms. The zero-order valence-electron chi connectivity index (χ0n) is 21.4. The molecule has 208 valence electrons. The number of carbonyl (C=O) groups is 1. The molecule has 1 fully saturated rings. The summed E-state index contributed by atoms with van der Waals surface area (Å²) >= 11 is 0. The van der Waals surface area contributed by atoms with E-state index in [1.807, 2.05) is 0 Å². The Labute approximate surface area is 225 Å². The summed E-state index contributed by atoms with van der Waals surface area (Å²) in [5.41, 5.74) is 1.03. The number of anilines is 1. The zero-order valence-corrected chi connectivity index (χ0v) is 22.2. The van der Waals surface area contributed by atoms with E-state index in [9.17, 15) is 31.5 Å². The molecule has 0 spiro atoms. The van der Waals surface area contributed by atoms with Gasteiger partial charge in [-0.3, -0.25) is 4.79 Å². The summed E-state index contributed by atoms with van der Waals surface area (Å²) in [6, 6.07) is 13.9. The van der Waals surface area contributed by atoms with E-state index in [-0.39, 0.29) is 23.2 Å². The number of halogens is 3. The number of benzene rings is 2. The molecule has 39 heavy (non-hydrogen) atoms. The molecule has 2 aromatic carbocycles. The van der Waals surface area contributed by atoms with Gasteiger partial charge in [0.15, 0.2) is 9.84 Å². The van der Waals surface area contributed by atoms with Crippen molar-refractivity contribution in [3.05, 3.63) is 89.1 Å². The second-order valence-corrected chi connectivity index (χ2v) is 11.8. The van der Waals surface area contributed by atoms with E-state index >= 15 is 0 Å². The van der Waals surface area contributed by atoms with Gasteiger partial charge in [0.25, 0.3) is 5.91 Å². The van der Waals surface area contributed by atoms with Gasteiger partial charge >= 0.3 is 6.18 Å². The monoisotopic (exact) mass is 561 g/mol. The summed E-state index contributed by atoms with van der Waals surface area (Å²) in [5, 5.41) is 12.6. The lowest BCUT2D eigenvalue weighted by atomic mass is 9.90. The highest BCUT2D eigenvalue weighted by Gasteiger charge is 2.31. The predicted octanol–water partition coefficient (Wildman–Crippen LogP) is 4.74. The van der Waals surface area contributed by atoms with Crippen LogP contribution in [0.1, 0.15) is 58.8 Å². The lowest BCUT2D eigenvalue weighted by Crippen LogP contribution is -2.35. The number of pyridine rings is 1. The molecule has 0 bridgehead atoms. The molecule has 0 saturated carbocycles. The number of aromatic nitrogens is 1. The third kappa shape index (κ3) is 6.77. The highest BCUT2D eigenvalue weighted by molar-refractivity contribution is 7.91. The second-order valence-electron chi connectivity index (χ2n) is 9.49. The fourth-order valence-electron chi connectivity index (χ4n) is 4.66. The average molecular weight is 562 g/mol. The topological polar surface area (TPSA) is 99.6 Å². The number of hydrogen-bond acceptors (Lipinski definition) is 6. The number of amides is 1. The van der Waals surface area contributed by atoms with Gasteiger partial charge in [0.2, 0.25) is 0 Å². The van der Waals surface area contributed by atoms with E-state index in [2.05, 4.69) is 15.2 Å². The molecular weight excluding hydrogens is 531 g/mol. The molecule has 0 radical (unpaired) electrons. The molecule has 7 nitrogen and oxygen atoms in total. The summed E-state index contributed by atoms with van der Waals surface area (Å²) in [5.74, 6) is 0.256. The van der Waals surface area contributed by atoms with Crippen molar-refractivity contribution in [1.29, 1.82) is 0 Å². The van der Waals surface area contributed by atoms with E-state index in [4.69, 9.17) is 0 Å². The Morgan fingerprint density at radius 1 is 1.10 bits per heavy atom. The maximum atomic E-state index is 12.9. The van der Waals surface area contributed by atoms with Gasteiger partial charge in [0.05, 0.1) is 34.4 Å². The van der Waals surface area contributed by atoms with E-state index in [1.54, 1.807) is 31.2 Å². The largest absolute Gasteiger partial charge is 0.416 e. The third-order valence-electron chi connectivity index (χ3n) is 6.97. The summed E-state index contributed by atoms with van der Waals surface area (Å²) in [6.45, 7) is 2.52. The Kier molecular flexibility index (Phi) is 8.60. The first-order valence-electron chi connectivity index (χ1n) is 12.6. The Morgan fingerprint density at radius 2 is 1.79 bits per heavy atom. The minimum Gasteiger partial charge on any atom is -0.394 e. The number of nitrogens with zero attached hydrogens (tertiary/aromatic N) is 2. The van der Waals surface area contributed by atoms with Crippen LogP contribution in [0.15, 0.2) is 71.8 Å². The third-order valence-corrected chi connectivity index (χ3v) is 8.72. The van der Waals surface area contributed by atoms with E-state index in [0.29, 0.717) is 23.5 Å². The summed E-state index contributed by atoms with van der Waals surface area (Å²) in [7, 11) is -3.36. The van der Waals surface area contributed by atoms with Gasteiger partial charge in [0.1, 0.15) is 5.82 Å². The van der Waals surface area contributed by atoms with Gasteiger partial charge in [-0.15, -0.1) is 0 Å². The standard InChI is InChI=1S/C28H30F3N3O4S/c1-2-39(37,38)24-12-7-20(8-13-24)25(18-35)33-27(36)21-9-14-26(32-16-21)34-15-3-4-22(17-34)19-5-10-23(11-6-19)28(29,30)31/h5-14,16,22,25,35H,2-4,15,17-18H2,1H3,(H,33,36)/t22?,25-/m0/s1. The minimum absolute atomic E-state index is 0.0252. The van der Waals surface area contributed by atoms with Gasteiger partial charge < -0.3 is 15.3 Å². The Hall–Kier alpha value is -3.44. The number of sulfone groups is 1. The molecule has 4 rings (SSSR count). The quantitative estimate of drug-likeness (QED) is 0.412. The fraction of sp³-hybridized carbons (Fsp3) is 0.357. The van der Waals surface area contributed by atoms with Crippen LogP contribution in [-0.2, 0) is 16.0 Å². The van der Waals surface area contributed by atoms with E-state index in [1.165, 1.54) is 30.5 Å². The number of aliphatic hydroxyl groups excluding tert-OH is 1. The summed E-state index contributed by atoms with van der Waals surface area (Å²) in [6.07, 6.45) is -1.21. The van der Waals surface area contributed by atoms with Gasteiger partial charge in [0, 0.05) is 25.2 Å². The van der Waals surface area contributed by atoms with Crippen LogP contribution in [0, 0.1) is 0 Å². The maximum absolute atomic E-state index is 12.9. The number of aliphatic hydroxyl groups is 1. The molecule has 3 aromatic rings. The number of piperidine rings is 1. The summed E-state index contributed by atoms with van der Waals surface area (Å²) in [4.78, 5) is 19.5. The van der Waals surface area contributed by atoms with Crippen molar-refractivity contribution in [1.82, 2.24) is 10.3 Å². The predicted molar refractivity (Wildman–Crippen MR) is 141 cm³/mol. The molecule has 1 aromatic heterocycles. The number of rotatable bonds is 8. The SMILES string of the molecule is CCS(=O)(=O)c1ccc([C@H](CO)NC(=O)c2ccc(N3CCCC(c4ccc(C(F)(F)F)cc4)C3)nc2)cc1. The highest BCUT2D eigenvalue weighted by atomic mass is 32.2. The highest BCUT2D eigenvalue weighted by Crippen LogP contribution is 2.33. The summed E-state index contributed by atoms with van der Waals surface area (Å²) < 4.78 is 62.7. The molecule has 1 amide bonds. The van der Waals surface area contributed by atoms with Crippen molar-refractivity contribution >= 4 is 21.6 Å². The minimum atomic E-state index is -4.37. The molecule has 1 aliphatic rings. The van der Waals surface area contributed by atoms with Gasteiger partial charge in [-0.05, 0) is 60.4 Å². The van der Waals surface area contributed by atoms with Crippen molar-refractivity contribution in [3.8, 4) is 0 Å². The number of alkyl halides is 3. The van der Waals surface area contributed by atoms with Crippen LogP contribution in [0.25, 0.3) is 0 Å². The van der Waals surface area contributed by atoms with Crippen LogP contribution in [0.3, 0.4) is 0 Å². The number of nitrogens with one attached hydrogen (secondary N) is 1. The Balaban J connectivity index is 1.40. The number of hydrogen-bond donors (Lipinski definition) is 2. The molecule has 2 heterocycles. The second kappa shape index (κ2) is 11.7. The molecule has 2 N–H and O–H groups in total. The smallest absolute Gasteiger partial charge is 0.394 e. The van der Waals surface area contributed by atoms with Crippen molar-refractivity contribution in [2.75, 3.05) is 30.3 Å². The van der Waals surface area contributed by atoms with Crippen LogP contribution in [0.4, 0.5) is 19.0 Å². The number of carbonyl (C=O) groups excluding carboxylic acids is 1. The first kappa shape index (κ1) is 28.6. The molecule has 2 atom stereocenters. The molecule has 1 unspecified atom stereocenters. The molecule has 0 aliphatic carbocycles. The van der Waals surface area contributed by atoms with Gasteiger partial charge in [-0.1, -0.05) is 31.2 Å². The van der Waals surface area contributed by atoms with Crippen LogP contribution >= 0.6 is 0 Å². The molecular formula is C28H30F3N3O4S. The average Bonchev–Trinajstić information content (AvgIpc) is 2.95. The van der Waals surface area contributed by atoms with Crippen molar-refractivity contribution < 1.29 is 31.5 Å². The molecule has 1 saturated heterocycles. The van der Waals surface area contributed by atoms with Gasteiger partial charge in [-0.25, -0.2) is 13.4 Å². The Morgan fingerprint density at radius 3 is 2.36 bits per heavy atom. The van der Waals surface area contributed by atoms with E-state index in [0.717, 1.165) is 37.1 Å². The van der Waals surface area contributed by atoms with Crippen molar-refractivity contribution in [2.45, 2.75) is 42.8 Å². The van der Waals surface area contributed by atoms with Crippen molar-refractivity contribution in [2.24, 2.45) is 0 Å². The van der Waals surface area contributed by atoms with Gasteiger partial charge in [-0.2, -0.15) is 13.2 Å². The lowest BCUT2D eigenvalue weighted by Gasteiger charge is -2.34. The molecule has 1 aliphatic heterocycles. The van der Waals surface area contributed by atoms with Crippen LogP contribution in [0.2, 0.25) is 0 Å². The van der Waals surface area contributed by atoms with Crippen LogP contribution < -0.4 is 10.2 Å². The maximum Gasteiger partial charge on any atom is 0.416 e. The van der Waals surface area contributed by atoms with E-state index < -0.39 is 33.5 Å². The fourth-order valence-corrected chi connectivity index (χ4v) is 5.54. The Bertz CT molecular complexity index is 1380. The first-order valence-corrected chi connectivity index (χ1v) is 14.3. The van der Waals surface area contributed by atoms with Crippen LogP contribution in [-0.4, -0.2) is 49.9 Å².